The van der Waals surface area contributed by atoms with Crippen molar-refractivity contribution in [2.75, 3.05) is 4.90 Å². The van der Waals surface area contributed by atoms with Crippen LogP contribution >= 0.6 is 0 Å². The van der Waals surface area contributed by atoms with E-state index in [0.29, 0.717) is 0 Å². The third-order valence-electron chi connectivity index (χ3n) is 8.02. The summed E-state index contributed by atoms with van der Waals surface area (Å²) >= 11 is 0. The molecule has 0 fully saturated rings. The van der Waals surface area contributed by atoms with Crippen LogP contribution in [0.3, 0.4) is 0 Å². The minimum atomic E-state index is 0.901. The predicted octanol–water partition coefficient (Wildman–Crippen LogP) is 11.4. The first-order valence-electron chi connectivity index (χ1n) is 14.3. The van der Waals surface area contributed by atoms with Gasteiger partial charge in [0.25, 0.3) is 0 Å². The number of fused-ring (bicyclic) bond motifs is 2. The molecule has 1 aliphatic heterocycles. The minimum absolute atomic E-state index is 0.901. The second-order valence-corrected chi connectivity index (χ2v) is 10.6. The molecular formula is C40H27NO. The van der Waals surface area contributed by atoms with Crippen molar-refractivity contribution in [1.29, 1.82) is 0 Å². The van der Waals surface area contributed by atoms with Gasteiger partial charge in [0.05, 0.1) is 0 Å². The van der Waals surface area contributed by atoms with E-state index < -0.39 is 0 Å². The average molecular weight is 538 g/mol. The molecule has 0 amide bonds. The summed E-state index contributed by atoms with van der Waals surface area (Å²) in [6.45, 7) is 0. The molecule has 0 saturated carbocycles. The summed E-state index contributed by atoms with van der Waals surface area (Å²) in [5.74, 6) is 1.81. The van der Waals surface area contributed by atoms with Gasteiger partial charge in [-0.15, -0.1) is 0 Å². The van der Waals surface area contributed by atoms with Gasteiger partial charge in [0.15, 0.2) is 0 Å². The van der Waals surface area contributed by atoms with Crippen LogP contribution in [-0.2, 0) is 0 Å². The highest BCUT2D eigenvalue weighted by atomic mass is 16.5. The van der Waals surface area contributed by atoms with E-state index >= 15 is 0 Å². The van der Waals surface area contributed by atoms with E-state index in [1.807, 2.05) is 12.1 Å². The first-order chi connectivity index (χ1) is 20.8. The van der Waals surface area contributed by atoms with Crippen molar-refractivity contribution in [3.8, 4) is 44.9 Å². The van der Waals surface area contributed by atoms with Gasteiger partial charge in [-0.25, -0.2) is 0 Å². The van der Waals surface area contributed by atoms with Crippen molar-refractivity contribution < 1.29 is 4.74 Å². The molecule has 7 aromatic carbocycles. The number of para-hydroxylation sites is 2. The van der Waals surface area contributed by atoms with Crippen molar-refractivity contribution in [3.05, 3.63) is 164 Å². The zero-order chi connectivity index (χ0) is 27.9. The van der Waals surface area contributed by atoms with Crippen LogP contribution in [0.25, 0.3) is 44.2 Å². The van der Waals surface area contributed by atoms with Crippen molar-refractivity contribution in [1.82, 2.24) is 0 Å². The highest BCUT2D eigenvalue weighted by Gasteiger charge is 2.21. The van der Waals surface area contributed by atoms with Crippen molar-refractivity contribution >= 4 is 27.8 Å². The van der Waals surface area contributed by atoms with Crippen LogP contribution in [0.1, 0.15) is 0 Å². The van der Waals surface area contributed by atoms with Crippen LogP contribution in [0.5, 0.6) is 11.5 Å². The molecule has 2 heteroatoms. The fourth-order valence-corrected chi connectivity index (χ4v) is 6.04. The number of ether oxygens (including phenoxy) is 1. The van der Waals surface area contributed by atoms with Crippen molar-refractivity contribution in [3.63, 3.8) is 0 Å². The van der Waals surface area contributed by atoms with Crippen LogP contribution in [0.2, 0.25) is 0 Å². The molecule has 8 rings (SSSR count). The fraction of sp³-hybridized carbons (Fsp3) is 0. The summed E-state index contributed by atoms with van der Waals surface area (Å²) in [7, 11) is 0. The zero-order valence-electron chi connectivity index (χ0n) is 22.9. The topological polar surface area (TPSA) is 12.5 Å². The van der Waals surface area contributed by atoms with Crippen LogP contribution < -0.4 is 9.64 Å². The highest BCUT2D eigenvalue weighted by molar-refractivity contribution is 6.06. The Kier molecular flexibility index (Phi) is 5.82. The van der Waals surface area contributed by atoms with Gasteiger partial charge in [0.2, 0.25) is 0 Å². The second kappa shape index (κ2) is 10.1. The van der Waals surface area contributed by atoms with E-state index in [4.69, 9.17) is 4.74 Å². The van der Waals surface area contributed by atoms with Gasteiger partial charge >= 0.3 is 0 Å². The molecule has 0 unspecified atom stereocenters. The molecule has 0 radical (unpaired) electrons. The average Bonchev–Trinajstić information content (AvgIpc) is 3.06. The Hall–Kier alpha value is -5.60. The second-order valence-electron chi connectivity index (χ2n) is 10.6. The normalized spacial score (nSPS) is 11.5. The van der Waals surface area contributed by atoms with Gasteiger partial charge in [-0.1, -0.05) is 103 Å². The third kappa shape index (κ3) is 4.22. The summed E-state index contributed by atoms with van der Waals surface area (Å²) in [6, 6.07) is 58.0. The number of hydrogen-bond donors (Lipinski definition) is 0. The molecule has 1 aliphatic rings. The molecule has 0 aliphatic carbocycles. The maximum atomic E-state index is 6.27. The van der Waals surface area contributed by atoms with E-state index in [1.54, 1.807) is 0 Å². The van der Waals surface area contributed by atoms with E-state index in [-0.39, 0.29) is 0 Å². The fourth-order valence-electron chi connectivity index (χ4n) is 6.04. The lowest BCUT2D eigenvalue weighted by Crippen LogP contribution is -2.09. The lowest BCUT2D eigenvalue weighted by Gasteiger charge is -2.26. The lowest BCUT2D eigenvalue weighted by molar-refractivity contribution is 0.487. The molecule has 0 spiro atoms. The third-order valence-corrected chi connectivity index (χ3v) is 8.02. The number of nitrogens with zero attached hydrogens (tertiary/aromatic N) is 1. The Bertz CT molecular complexity index is 2050. The Morgan fingerprint density at radius 1 is 0.357 bits per heavy atom. The van der Waals surface area contributed by atoms with Crippen LogP contribution in [0.4, 0.5) is 17.1 Å². The molecule has 0 bridgehead atoms. The summed E-state index contributed by atoms with van der Waals surface area (Å²) in [5.41, 5.74) is 10.4. The van der Waals surface area contributed by atoms with E-state index in [2.05, 4.69) is 157 Å². The molecular weight excluding hydrogens is 510 g/mol. The highest BCUT2D eigenvalue weighted by Crippen LogP contribution is 2.48. The molecule has 7 aromatic rings. The number of hydrogen-bond acceptors (Lipinski definition) is 2. The Labute approximate surface area is 245 Å². The summed E-state index contributed by atoms with van der Waals surface area (Å²) in [5, 5.41) is 2.34. The standard InChI is InChI=1S/C40H27NO/c1-3-11-28(12-4-1)29-21-23-34(24-22-29)41(33-15-5-2-6-16-33)35-17-9-13-30(26-35)32-25-31-14-10-20-39-40(31)37(27-32)36-18-7-8-19-38(36)42-39/h1-27H. The molecule has 42 heavy (non-hydrogen) atoms. The lowest BCUT2D eigenvalue weighted by atomic mass is 9.90. The monoisotopic (exact) mass is 537 g/mol. The Balaban J connectivity index is 1.25. The van der Waals surface area contributed by atoms with E-state index in [0.717, 1.165) is 34.1 Å². The number of benzene rings is 7. The smallest absolute Gasteiger partial charge is 0.135 e. The SMILES string of the molecule is c1ccc(-c2ccc(N(c3ccccc3)c3cccc(-c4cc5c6c(cccc6c4)Oc4ccccc4-5)c3)cc2)cc1. The molecule has 2 nitrogen and oxygen atoms in total. The van der Waals surface area contributed by atoms with Gasteiger partial charge in [0.1, 0.15) is 11.5 Å². The number of anilines is 3. The summed E-state index contributed by atoms with van der Waals surface area (Å²) in [6.07, 6.45) is 0. The summed E-state index contributed by atoms with van der Waals surface area (Å²) in [4.78, 5) is 2.32. The van der Waals surface area contributed by atoms with Gasteiger partial charge in [0, 0.05) is 28.0 Å². The Morgan fingerprint density at radius 2 is 0.976 bits per heavy atom. The van der Waals surface area contributed by atoms with Crippen LogP contribution in [-0.4, -0.2) is 0 Å². The van der Waals surface area contributed by atoms with Crippen molar-refractivity contribution in [2.45, 2.75) is 0 Å². The maximum absolute atomic E-state index is 6.27. The van der Waals surface area contributed by atoms with E-state index in [1.165, 1.54) is 38.6 Å². The first-order valence-corrected chi connectivity index (χ1v) is 14.3. The van der Waals surface area contributed by atoms with Crippen LogP contribution in [0.15, 0.2) is 164 Å². The molecule has 0 aromatic heterocycles. The molecule has 0 atom stereocenters. The molecule has 198 valence electrons. The molecule has 1 heterocycles. The molecule has 0 N–H and O–H groups in total. The molecule has 0 saturated heterocycles. The largest absolute Gasteiger partial charge is 0.456 e. The maximum Gasteiger partial charge on any atom is 0.135 e. The predicted molar refractivity (Wildman–Crippen MR) is 175 cm³/mol. The zero-order valence-corrected chi connectivity index (χ0v) is 22.9. The number of rotatable bonds is 5. The summed E-state index contributed by atoms with van der Waals surface area (Å²) < 4.78 is 6.27. The van der Waals surface area contributed by atoms with E-state index in [9.17, 15) is 0 Å². The quantitative estimate of drug-likeness (QED) is 0.216. The minimum Gasteiger partial charge on any atom is -0.456 e. The van der Waals surface area contributed by atoms with Gasteiger partial charge in [-0.2, -0.15) is 0 Å². The van der Waals surface area contributed by atoms with Gasteiger partial charge in [-0.05, 0) is 93.9 Å². The van der Waals surface area contributed by atoms with Crippen molar-refractivity contribution in [2.24, 2.45) is 0 Å². The Morgan fingerprint density at radius 3 is 1.81 bits per heavy atom. The van der Waals surface area contributed by atoms with Gasteiger partial charge in [-0.3, -0.25) is 0 Å². The van der Waals surface area contributed by atoms with Crippen LogP contribution in [0, 0.1) is 0 Å². The van der Waals surface area contributed by atoms with Gasteiger partial charge < -0.3 is 9.64 Å². The first kappa shape index (κ1) is 24.2.